The van der Waals surface area contributed by atoms with Gasteiger partial charge in [0, 0.05) is 31.0 Å². The van der Waals surface area contributed by atoms with Crippen molar-refractivity contribution in [1.29, 1.82) is 0 Å². The van der Waals surface area contributed by atoms with E-state index in [4.69, 9.17) is 0 Å². The van der Waals surface area contributed by atoms with Crippen LogP contribution in [0.1, 0.15) is 6.42 Å². The van der Waals surface area contributed by atoms with E-state index in [1.807, 2.05) is 0 Å². The maximum atomic E-state index is 12.0. The van der Waals surface area contributed by atoms with Gasteiger partial charge in [-0.15, -0.1) is 0 Å². The standard InChI is InChI=1S/C16H14N4O3/c21-14(18-11-5-8-17-9-6-11)7-10-20-13-4-2-1-3-12(13)15(22)19-16(20)23/h1-6,8-9H,7,10H2,(H,17,18,21)(H,19,22,23). The van der Waals surface area contributed by atoms with Crippen LogP contribution in [0, 0.1) is 0 Å². The van der Waals surface area contributed by atoms with Crippen molar-refractivity contribution < 1.29 is 4.79 Å². The third-order valence-electron chi connectivity index (χ3n) is 3.43. The van der Waals surface area contributed by atoms with Crippen molar-refractivity contribution in [3.05, 3.63) is 69.6 Å². The van der Waals surface area contributed by atoms with E-state index in [1.165, 1.54) is 4.57 Å². The summed E-state index contributed by atoms with van der Waals surface area (Å²) >= 11 is 0. The zero-order valence-electron chi connectivity index (χ0n) is 12.2. The van der Waals surface area contributed by atoms with Crippen LogP contribution in [0.5, 0.6) is 0 Å². The molecule has 0 spiro atoms. The number of rotatable bonds is 4. The Balaban J connectivity index is 1.81. The van der Waals surface area contributed by atoms with Crippen LogP contribution in [0.25, 0.3) is 10.9 Å². The highest BCUT2D eigenvalue weighted by atomic mass is 16.2. The summed E-state index contributed by atoms with van der Waals surface area (Å²) < 4.78 is 1.39. The number of carbonyl (C=O) groups is 1. The number of nitrogens with zero attached hydrogens (tertiary/aromatic N) is 2. The van der Waals surface area contributed by atoms with E-state index in [-0.39, 0.29) is 18.9 Å². The number of aromatic amines is 1. The molecule has 2 N–H and O–H groups in total. The number of amides is 1. The molecule has 1 aromatic carbocycles. The molecule has 2 heterocycles. The summed E-state index contributed by atoms with van der Waals surface area (Å²) in [5.74, 6) is -0.224. The normalized spacial score (nSPS) is 10.6. The minimum Gasteiger partial charge on any atom is -0.326 e. The minimum absolute atomic E-state index is 0.109. The summed E-state index contributed by atoms with van der Waals surface area (Å²) in [6.07, 6.45) is 3.27. The Labute approximate surface area is 130 Å². The first-order valence-electron chi connectivity index (χ1n) is 7.07. The molecule has 3 rings (SSSR count). The Kier molecular flexibility index (Phi) is 4.01. The summed E-state index contributed by atoms with van der Waals surface area (Å²) in [6.45, 7) is 0.174. The zero-order valence-corrected chi connectivity index (χ0v) is 12.2. The van der Waals surface area contributed by atoms with Crippen LogP contribution in [-0.2, 0) is 11.3 Å². The van der Waals surface area contributed by atoms with Crippen molar-refractivity contribution in [3.63, 3.8) is 0 Å². The number of hydrogen-bond acceptors (Lipinski definition) is 4. The van der Waals surface area contributed by atoms with Gasteiger partial charge in [0.1, 0.15) is 0 Å². The monoisotopic (exact) mass is 310 g/mol. The predicted molar refractivity (Wildman–Crippen MR) is 86.3 cm³/mol. The molecule has 0 bridgehead atoms. The van der Waals surface area contributed by atoms with Crippen LogP contribution in [0.3, 0.4) is 0 Å². The molecule has 116 valence electrons. The van der Waals surface area contributed by atoms with E-state index in [2.05, 4.69) is 15.3 Å². The van der Waals surface area contributed by atoms with Gasteiger partial charge >= 0.3 is 5.69 Å². The number of fused-ring (bicyclic) bond motifs is 1. The summed E-state index contributed by atoms with van der Waals surface area (Å²) in [4.78, 5) is 41.9. The Morgan fingerprint density at radius 2 is 1.87 bits per heavy atom. The molecular weight excluding hydrogens is 296 g/mol. The fourth-order valence-corrected chi connectivity index (χ4v) is 2.34. The highest BCUT2D eigenvalue weighted by Gasteiger charge is 2.09. The average Bonchev–Trinajstić information content (AvgIpc) is 2.55. The van der Waals surface area contributed by atoms with Gasteiger partial charge in [0.2, 0.25) is 5.91 Å². The van der Waals surface area contributed by atoms with Crippen molar-refractivity contribution >= 4 is 22.5 Å². The molecule has 3 aromatic rings. The van der Waals surface area contributed by atoms with Crippen LogP contribution < -0.4 is 16.6 Å². The first kappa shape index (κ1) is 14.7. The van der Waals surface area contributed by atoms with Gasteiger partial charge in [-0.25, -0.2) is 4.79 Å². The molecular formula is C16H14N4O3. The van der Waals surface area contributed by atoms with E-state index in [9.17, 15) is 14.4 Å². The van der Waals surface area contributed by atoms with Crippen LogP contribution in [0.4, 0.5) is 5.69 Å². The van der Waals surface area contributed by atoms with Crippen LogP contribution in [0.2, 0.25) is 0 Å². The lowest BCUT2D eigenvalue weighted by molar-refractivity contribution is -0.116. The Bertz CT molecular complexity index is 960. The lowest BCUT2D eigenvalue weighted by Crippen LogP contribution is -2.31. The Morgan fingerprint density at radius 1 is 1.13 bits per heavy atom. The SMILES string of the molecule is O=C(CCn1c(=O)[nH]c(=O)c2ccccc21)Nc1ccncc1. The first-order valence-corrected chi connectivity index (χ1v) is 7.07. The smallest absolute Gasteiger partial charge is 0.326 e. The molecule has 0 atom stereocenters. The van der Waals surface area contributed by atoms with Crippen molar-refractivity contribution in [3.8, 4) is 0 Å². The number of carbonyl (C=O) groups excluding carboxylic acids is 1. The quantitative estimate of drug-likeness (QED) is 0.754. The molecule has 0 aliphatic rings. The molecule has 0 unspecified atom stereocenters. The molecule has 0 radical (unpaired) electrons. The molecule has 2 aromatic heterocycles. The van der Waals surface area contributed by atoms with Crippen LogP contribution >= 0.6 is 0 Å². The molecule has 7 heteroatoms. The van der Waals surface area contributed by atoms with Crippen LogP contribution in [0.15, 0.2) is 58.4 Å². The number of H-pyrrole nitrogens is 1. The summed E-state index contributed by atoms with van der Waals surface area (Å²) in [5, 5.41) is 3.14. The van der Waals surface area contributed by atoms with Gasteiger partial charge in [-0.3, -0.25) is 24.1 Å². The molecule has 0 fully saturated rings. The molecule has 1 amide bonds. The fraction of sp³-hybridized carbons (Fsp3) is 0.125. The fourth-order valence-electron chi connectivity index (χ4n) is 2.34. The predicted octanol–water partition coefficient (Wildman–Crippen LogP) is 1.11. The first-order chi connectivity index (χ1) is 11.1. The van der Waals surface area contributed by atoms with Gasteiger partial charge in [-0.05, 0) is 24.3 Å². The lowest BCUT2D eigenvalue weighted by atomic mass is 10.2. The Hall–Kier alpha value is -3.22. The van der Waals surface area contributed by atoms with Gasteiger partial charge in [-0.2, -0.15) is 0 Å². The highest BCUT2D eigenvalue weighted by molar-refractivity contribution is 5.90. The van der Waals surface area contributed by atoms with Gasteiger partial charge < -0.3 is 5.32 Å². The number of nitrogens with one attached hydrogen (secondary N) is 2. The average molecular weight is 310 g/mol. The van der Waals surface area contributed by atoms with Crippen molar-refractivity contribution in [2.24, 2.45) is 0 Å². The summed E-state index contributed by atoms with van der Waals surface area (Å²) in [6, 6.07) is 10.2. The summed E-state index contributed by atoms with van der Waals surface area (Å²) in [5.41, 5.74) is 0.204. The van der Waals surface area contributed by atoms with Crippen molar-refractivity contribution in [1.82, 2.24) is 14.5 Å². The molecule has 0 saturated carbocycles. The van der Waals surface area contributed by atoms with E-state index < -0.39 is 11.2 Å². The largest absolute Gasteiger partial charge is 0.328 e. The maximum Gasteiger partial charge on any atom is 0.328 e. The van der Waals surface area contributed by atoms with E-state index >= 15 is 0 Å². The molecule has 0 aliphatic carbocycles. The van der Waals surface area contributed by atoms with E-state index in [1.54, 1.807) is 48.8 Å². The second-order valence-electron chi connectivity index (χ2n) is 4.96. The second-order valence-corrected chi connectivity index (χ2v) is 4.96. The van der Waals surface area contributed by atoms with Gasteiger partial charge in [0.25, 0.3) is 5.56 Å². The third-order valence-corrected chi connectivity index (χ3v) is 3.43. The van der Waals surface area contributed by atoms with E-state index in [0.717, 1.165) is 0 Å². The Morgan fingerprint density at radius 3 is 2.65 bits per heavy atom. The zero-order chi connectivity index (χ0) is 16.2. The number of aromatic nitrogens is 3. The number of anilines is 1. The second kappa shape index (κ2) is 6.27. The lowest BCUT2D eigenvalue weighted by Gasteiger charge is -2.09. The molecule has 7 nitrogen and oxygen atoms in total. The number of pyridine rings is 1. The van der Waals surface area contributed by atoms with Gasteiger partial charge in [-0.1, -0.05) is 12.1 Å². The third kappa shape index (κ3) is 3.18. The van der Waals surface area contributed by atoms with Gasteiger partial charge in [0.15, 0.2) is 0 Å². The van der Waals surface area contributed by atoms with Crippen molar-refractivity contribution in [2.45, 2.75) is 13.0 Å². The number of benzene rings is 1. The highest BCUT2D eigenvalue weighted by Crippen LogP contribution is 2.08. The van der Waals surface area contributed by atoms with Gasteiger partial charge in [0.05, 0.1) is 10.9 Å². The maximum absolute atomic E-state index is 12.0. The molecule has 0 saturated heterocycles. The van der Waals surface area contributed by atoms with E-state index in [0.29, 0.717) is 16.6 Å². The number of para-hydroxylation sites is 1. The topological polar surface area (TPSA) is 96.9 Å². The number of aryl methyl sites for hydroxylation is 1. The minimum atomic E-state index is -0.523. The summed E-state index contributed by atoms with van der Waals surface area (Å²) in [7, 11) is 0. The number of hydrogen-bond donors (Lipinski definition) is 2. The van der Waals surface area contributed by atoms with Crippen LogP contribution in [-0.4, -0.2) is 20.4 Å². The molecule has 0 aliphatic heterocycles. The van der Waals surface area contributed by atoms with Crippen molar-refractivity contribution in [2.75, 3.05) is 5.32 Å². The molecule has 23 heavy (non-hydrogen) atoms.